The molecular weight excluding hydrogens is 452 g/mol. The monoisotopic (exact) mass is 476 g/mol. The summed E-state index contributed by atoms with van der Waals surface area (Å²) >= 11 is 2.46. The molecular formula is C20H24N6O4S2. The highest BCUT2D eigenvalue weighted by Crippen LogP contribution is 2.31. The van der Waals surface area contributed by atoms with Gasteiger partial charge in [0.15, 0.2) is 10.1 Å². The van der Waals surface area contributed by atoms with E-state index in [9.17, 15) is 14.4 Å². The minimum absolute atomic E-state index is 0.0744. The molecule has 3 rings (SSSR count). The molecule has 2 heterocycles. The van der Waals surface area contributed by atoms with Gasteiger partial charge in [-0.2, -0.15) is 0 Å². The van der Waals surface area contributed by atoms with Gasteiger partial charge in [-0.3, -0.25) is 19.1 Å². The zero-order chi connectivity index (χ0) is 23.3. The first kappa shape index (κ1) is 23.7. The molecule has 0 fully saturated rings. The maximum absolute atomic E-state index is 12.7. The number of carbonyl (C=O) groups excluding carboxylic acids is 1. The fraction of sp³-hybridized carbons (Fsp3) is 0.350. The van der Waals surface area contributed by atoms with Gasteiger partial charge in [-0.05, 0) is 24.5 Å². The highest BCUT2D eigenvalue weighted by atomic mass is 32.2. The number of rotatable bonds is 10. The van der Waals surface area contributed by atoms with Crippen molar-refractivity contribution < 1.29 is 9.53 Å². The van der Waals surface area contributed by atoms with Gasteiger partial charge in [-0.1, -0.05) is 48.2 Å². The molecule has 0 aliphatic heterocycles. The number of nitrogens with one attached hydrogen (secondary N) is 2. The molecule has 2 aromatic heterocycles. The summed E-state index contributed by atoms with van der Waals surface area (Å²) in [6.45, 7) is 4.43. The number of nitrogen functional groups attached to an aromatic ring is 1. The van der Waals surface area contributed by atoms with Crippen LogP contribution in [-0.4, -0.2) is 45.0 Å². The average Bonchev–Trinajstić information content (AvgIpc) is 3.21. The highest BCUT2D eigenvalue weighted by molar-refractivity contribution is 8.01. The van der Waals surface area contributed by atoms with Crippen LogP contribution in [0.4, 0.5) is 16.6 Å². The van der Waals surface area contributed by atoms with Crippen LogP contribution < -0.4 is 22.3 Å². The third-order valence-corrected chi connectivity index (χ3v) is 6.71. The lowest BCUT2D eigenvalue weighted by Gasteiger charge is -2.11. The number of anilines is 3. The van der Waals surface area contributed by atoms with Gasteiger partial charge in [0.2, 0.25) is 5.13 Å². The number of H-pyrrole nitrogens is 1. The summed E-state index contributed by atoms with van der Waals surface area (Å²) in [5.74, 6) is -0.751. The van der Waals surface area contributed by atoms with Crippen LogP contribution in [0.25, 0.3) is 0 Å². The number of ether oxygens (including phenoxy) is 1. The molecule has 0 radical (unpaired) electrons. The second-order valence-corrected chi connectivity index (χ2v) is 9.04. The number of ketones is 1. The van der Waals surface area contributed by atoms with Crippen molar-refractivity contribution in [2.75, 3.05) is 30.5 Å². The molecule has 32 heavy (non-hydrogen) atoms. The number of Topliss-reactive ketones (excluding diaryl/α,β-unsaturated/α-hetero) is 1. The Balaban J connectivity index is 1.73. The SMILES string of the molecule is CCc1cccc(C)c1Nc1nnc(SCC(=O)c2c(N)n(CCOC)c(=O)[nH]c2=O)s1. The van der Waals surface area contributed by atoms with E-state index in [0.717, 1.165) is 34.0 Å². The number of aromatic nitrogens is 4. The molecule has 3 aromatic rings. The highest BCUT2D eigenvalue weighted by Gasteiger charge is 2.20. The molecule has 0 bridgehead atoms. The van der Waals surface area contributed by atoms with Crippen LogP contribution in [0, 0.1) is 6.92 Å². The number of nitrogens with zero attached hydrogens (tertiary/aromatic N) is 3. The van der Waals surface area contributed by atoms with Crippen LogP contribution in [-0.2, 0) is 17.7 Å². The maximum Gasteiger partial charge on any atom is 0.330 e. The van der Waals surface area contributed by atoms with E-state index in [0.29, 0.717) is 9.47 Å². The van der Waals surface area contributed by atoms with Crippen LogP contribution >= 0.6 is 23.1 Å². The van der Waals surface area contributed by atoms with Gasteiger partial charge in [-0.15, -0.1) is 10.2 Å². The molecule has 0 atom stereocenters. The Morgan fingerprint density at radius 3 is 2.84 bits per heavy atom. The number of para-hydroxylation sites is 1. The summed E-state index contributed by atoms with van der Waals surface area (Å²) < 4.78 is 6.62. The van der Waals surface area contributed by atoms with Crippen LogP contribution in [0.5, 0.6) is 0 Å². The van der Waals surface area contributed by atoms with Gasteiger partial charge < -0.3 is 15.8 Å². The van der Waals surface area contributed by atoms with Crippen molar-refractivity contribution in [1.82, 2.24) is 19.7 Å². The van der Waals surface area contributed by atoms with Crippen LogP contribution in [0.3, 0.4) is 0 Å². The van der Waals surface area contributed by atoms with Crippen molar-refractivity contribution in [3.05, 3.63) is 55.7 Å². The van der Waals surface area contributed by atoms with E-state index >= 15 is 0 Å². The third kappa shape index (κ3) is 5.26. The summed E-state index contributed by atoms with van der Waals surface area (Å²) in [5.41, 5.74) is 7.48. The predicted molar refractivity (Wildman–Crippen MR) is 126 cm³/mol. The summed E-state index contributed by atoms with van der Waals surface area (Å²) in [7, 11) is 1.48. The summed E-state index contributed by atoms with van der Waals surface area (Å²) in [6, 6.07) is 6.09. The normalized spacial score (nSPS) is 11.0. The Hall–Kier alpha value is -2.96. The molecule has 10 nitrogen and oxygen atoms in total. The Kier molecular flexibility index (Phi) is 7.83. The van der Waals surface area contributed by atoms with Crippen LogP contribution in [0.1, 0.15) is 28.4 Å². The van der Waals surface area contributed by atoms with E-state index in [-0.39, 0.29) is 30.3 Å². The van der Waals surface area contributed by atoms with Gasteiger partial charge in [0.1, 0.15) is 11.4 Å². The number of nitrogens with two attached hydrogens (primary N) is 1. The molecule has 0 spiro atoms. The first-order valence-electron chi connectivity index (χ1n) is 9.82. The largest absolute Gasteiger partial charge is 0.384 e. The number of benzene rings is 1. The predicted octanol–water partition coefficient (Wildman–Crippen LogP) is 2.21. The molecule has 12 heteroatoms. The zero-order valence-corrected chi connectivity index (χ0v) is 19.6. The second kappa shape index (κ2) is 10.6. The van der Waals surface area contributed by atoms with Gasteiger partial charge in [0.25, 0.3) is 5.56 Å². The maximum atomic E-state index is 12.7. The minimum Gasteiger partial charge on any atom is -0.384 e. The average molecular weight is 477 g/mol. The lowest BCUT2D eigenvalue weighted by Crippen LogP contribution is -2.37. The molecule has 0 amide bonds. The summed E-state index contributed by atoms with van der Waals surface area (Å²) in [6.07, 6.45) is 0.876. The van der Waals surface area contributed by atoms with Gasteiger partial charge in [0, 0.05) is 12.8 Å². The lowest BCUT2D eigenvalue weighted by atomic mass is 10.1. The smallest absolute Gasteiger partial charge is 0.330 e. The number of carbonyl (C=O) groups is 1. The van der Waals surface area contributed by atoms with Crippen molar-refractivity contribution >= 4 is 45.5 Å². The third-order valence-electron chi connectivity index (χ3n) is 4.74. The van der Waals surface area contributed by atoms with E-state index in [1.165, 1.54) is 24.0 Å². The molecule has 0 saturated carbocycles. The Morgan fingerprint density at radius 2 is 2.12 bits per heavy atom. The van der Waals surface area contributed by atoms with E-state index in [1.54, 1.807) is 0 Å². The zero-order valence-electron chi connectivity index (χ0n) is 17.9. The summed E-state index contributed by atoms with van der Waals surface area (Å²) in [4.78, 5) is 39.0. The van der Waals surface area contributed by atoms with Crippen LogP contribution in [0.2, 0.25) is 0 Å². The molecule has 0 aliphatic carbocycles. The molecule has 4 N–H and O–H groups in total. The molecule has 0 aliphatic rings. The van der Waals surface area contributed by atoms with Gasteiger partial charge in [0.05, 0.1) is 18.9 Å². The first-order valence-corrected chi connectivity index (χ1v) is 11.6. The lowest BCUT2D eigenvalue weighted by molar-refractivity contribution is 0.102. The van der Waals surface area contributed by atoms with Crippen molar-refractivity contribution in [1.29, 1.82) is 0 Å². The Bertz CT molecular complexity index is 1230. The molecule has 0 unspecified atom stereocenters. The number of thioether (sulfide) groups is 1. The van der Waals surface area contributed by atoms with Crippen molar-refractivity contribution in [3.8, 4) is 0 Å². The van der Waals surface area contributed by atoms with Crippen molar-refractivity contribution in [3.63, 3.8) is 0 Å². The van der Waals surface area contributed by atoms with E-state index in [1.807, 2.05) is 19.1 Å². The van der Waals surface area contributed by atoms with E-state index in [2.05, 4.69) is 33.5 Å². The van der Waals surface area contributed by atoms with Crippen molar-refractivity contribution in [2.24, 2.45) is 0 Å². The number of methoxy groups -OCH3 is 1. The fourth-order valence-corrected chi connectivity index (χ4v) is 4.72. The standard InChI is InChI=1S/C20H24N6O4S2/c1-4-12-7-5-6-11(2)15(12)22-18-24-25-20(32-18)31-10-13(27)14-16(21)26(8-9-30-3)19(29)23-17(14)28/h5-7H,4,8-10,21H2,1-3H3,(H,22,24)(H,23,28,29). The first-order chi connectivity index (χ1) is 15.3. The number of aryl methyl sites for hydroxylation is 2. The number of aromatic amines is 1. The minimum atomic E-state index is -0.807. The van der Waals surface area contributed by atoms with Crippen molar-refractivity contribution in [2.45, 2.75) is 31.2 Å². The Labute approximate surface area is 192 Å². The van der Waals surface area contributed by atoms with Gasteiger partial charge >= 0.3 is 5.69 Å². The number of hydrogen-bond donors (Lipinski definition) is 3. The summed E-state index contributed by atoms with van der Waals surface area (Å²) in [5, 5.41) is 12.2. The fourth-order valence-electron chi connectivity index (χ4n) is 3.09. The Morgan fingerprint density at radius 1 is 1.34 bits per heavy atom. The molecule has 170 valence electrons. The van der Waals surface area contributed by atoms with E-state index < -0.39 is 17.0 Å². The van der Waals surface area contributed by atoms with Gasteiger partial charge in [-0.25, -0.2) is 4.79 Å². The molecule has 0 saturated heterocycles. The second-order valence-electron chi connectivity index (χ2n) is 6.84. The quantitative estimate of drug-likeness (QED) is 0.296. The molecule has 1 aromatic carbocycles. The number of hydrogen-bond acceptors (Lipinski definition) is 10. The van der Waals surface area contributed by atoms with Crippen LogP contribution in [0.15, 0.2) is 32.1 Å². The van der Waals surface area contributed by atoms with E-state index in [4.69, 9.17) is 10.5 Å². The topological polar surface area (TPSA) is 145 Å².